The van der Waals surface area contributed by atoms with Gasteiger partial charge in [0.25, 0.3) is 5.91 Å². The van der Waals surface area contributed by atoms with E-state index in [9.17, 15) is 4.79 Å². The SMILES string of the molecule is O=C(NC(=S)Nc1ccc2oc(-c3cncc(Br)c3)nc2c1)c1ccc(I)cc1. The first-order chi connectivity index (χ1) is 14.0. The lowest BCUT2D eigenvalue weighted by molar-refractivity contribution is 0.0977. The summed E-state index contributed by atoms with van der Waals surface area (Å²) in [5.41, 5.74) is 3.30. The Morgan fingerprint density at radius 2 is 1.90 bits per heavy atom. The van der Waals surface area contributed by atoms with E-state index in [2.05, 4.69) is 59.1 Å². The molecular formula is C20H12BrIN4O2S. The lowest BCUT2D eigenvalue weighted by Crippen LogP contribution is -2.34. The second kappa shape index (κ2) is 8.56. The van der Waals surface area contributed by atoms with Crippen LogP contribution in [0.4, 0.5) is 5.69 Å². The number of nitrogens with one attached hydrogen (secondary N) is 2. The number of amides is 1. The van der Waals surface area contributed by atoms with Gasteiger partial charge >= 0.3 is 0 Å². The third-order valence-electron chi connectivity index (χ3n) is 3.93. The molecule has 0 spiro atoms. The minimum absolute atomic E-state index is 0.202. The molecule has 4 aromatic rings. The summed E-state index contributed by atoms with van der Waals surface area (Å²) in [6.45, 7) is 0. The van der Waals surface area contributed by atoms with Crippen LogP contribution in [0, 0.1) is 3.57 Å². The topological polar surface area (TPSA) is 80.0 Å². The molecule has 2 heterocycles. The number of hydrogen-bond acceptors (Lipinski definition) is 5. The maximum atomic E-state index is 12.3. The van der Waals surface area contributed by atoms with Crippen molar-refractivity contribution in [3.8, 4) is 11.5 Å². The third-order valence-corrected chi connectivity index (χ3v) is 5.29. The molecule has 2 aromatic heterocycles. The van der Waals surface area contributed by atoms with Crippen molar-refractivity contribution < 1.29 is 9.21 Å². The quantitative estimate of drug-likeness (QED) is 0.251. The number of hydrogen-bond donors (Lipinski definition) is 2. The molecule has 1 amide bonds. The van der Waals surface area contributed by atoms with E-state index in [0.717, 1.165) is 13.6 Å². The normalized spacial score (nSPS) is 10.7. The van der Waals surface area contributed by atoms with Crippen LogP contribution in [-0.4, -0.2) is 21.0 Å². The number of pyridine rings is 1. The Morgan fingerprint density at radius 3 is 2.66 bits per heavy atom. The van der Waals surface area contributed by atoms with Gasteiger partial charge in [-0.25, -0.2) is 4.98 Å². The Bertz CT molecular complexity index is 1230. The van der Waals surface area contributed by atoms with Crippen molar-refractivity contribution in [1.29, 1.82) is 0 Å². The molecule has 0 radical (unpaired) electrons. The van der Waals surface area contributed by atoms with Crippen molar-refractivity contribution in [2.24, 2.45) is 0 Å². The molecule has 2 aromatic carbocycles. The molecule has 0 fully saturated rings. The van der Waals surface area contributed by atoms with Crippen LogP contribution < -0.4 is 10.6 Å². The lowest BCUT2D eigenvalue weighted by atomic mass is 10.2. The van der Waals surface area contributed by atoms with Crippen LogP contribution in [0.25, 0.3) is 22.6 Å². The summed E-state index contributed by atoms with van der Waals surface area (Å²) in [5.74, 6) is 0.200. The van der Waals surface area contributed by atoms with E-state index in [4.69, 9.17) is 16.6 Å². The molecule has 0 aliphatic heterocycles. The Morgan fingerprint density at radius 1 is 1.10 bits per heavy atom. The largest absolute Gasteiger partial charge is 0.436 e. The number of aromatic nitrogens is 2. The highest BCUT2D eigenvalue weighted by molar-refractivity contribution is 14.1. The van der Waals surface area contributed by atoms with Crippen molar-refractivity contribution in [3.05, 3.63) is 74.5 Å². The molecule has 29 heavy (non-hydrogen) atoms. The van der Waals surface area contributed by atoms with Crippen molar-refractivity contribution in [1.82, 2.24) is 15.3 Å². The van der Waals surface area contributed by atoms with Gasteiger partial charge in [0.15, 0.2) is 10.7 Å². The van der Waals surface area contributed by atoms with Crippen LogP contribution in [0.1, 0.15) is 10.4 Å². The third kappa shape index (κ3) is 4.80. The van der Waals surface area contributed by atoms with Crippen LogP contribution in [0.5, 0.6) is 0 Å². The Balaban J connectivity index is 1.48. The maximum Gasteiger partial charge on any atom is 0.257 e. The van der Waals surface area contributed by atoms with E-state index in [-0.39, 0.29) is 11.0 Å². The molecule has 9 heteroatoms. The van der Waals surface area contributed by atoms with E-state index < -0.39 is 0 Å². The van der Waals surface area contributed by atoms with Gasteiger partial charge in [-0.2, -0.15) is 0 Å². The molecule has 6 nitrogen and oxygen atoms in total. The summed E-state index contributed by atoms with van der Waals surface area (Å²) >= 11 is 10.8. The van der Waals surface area contributed by atoms with Gasteiger partial charge in [0, 0.05) is 31.7 Å². The average molecular weight is 579 g/mol. The number of benzene rings is 2. The smallest absolute Gasteiger partial charge is 0.257 e. The number of fused-ring (bicyclic) bond motifs is 1. The Kier molecular flexibility index (Phi) is 5.88. The van der Waals surface area contributed by atoms with E-state index in [1.165, 1.54) is 0 Å². The average Bonchev–Trinajstić information content (AvgIpc) is 3.12. The molecule has 0 saturated carbocycles. The maximum absolute atomic E-state index is 12.3. The van der Waals surface area contributed by atoms with Gasteiger partial charge in [0.2, 0.25) is 5.89 Å². The molecule has 0 unspecified atom stereocenters. The fourth-order valence-electron chi connectivity index (χ4n) is 2.60. The molecule has 4 rings (SSSR count). The molecular weight excluding hydrogens is 567 g/mol. The van der Waals surface area contributed by atoms with Crippen LogP contribution in [0.2, 0.25) is 0 Å². The first-order valence-corrected chi connectivity index (χ1v) is 10.7. The number of carbonyl (C=O) groups is 1. The lowest BCUT2D eigenvalue weighted by Gasteiger charge is -2.09. The fraction of sp³-hybridized carbons (Fsp3) is 0. The molecule has 0 aliphatic rings. The number of thiocarbonyl (C=S) groups is 1. The summed E-state index contributed by atoms with van der Waals surface area (Å²) in [5, 5.41) is 5.87. The minimum atomic E-state index is -0.272. The van der Waals surface area contributed by atoms with Crippen molar-refractivity contribution in [3.63, 3.8) is 0 Å². The number of anilines is 1. The summed E-state index contributed by atoms with van der Waals surface area (Å²) in [4.78, 5) is 20.9. The summed E-state index contributed by atoms with van der Waals surface area (Å²) in [7, 11) is 0. The van der Waals surface area contributed by atoms with Gasteiger partial charge in [-0.05, 0) is 99.3 Å². The number of nitrogens with zero attached hydrogens (tertiary/aromatic N) is 2. The zero-order valence-corrected chi connectivity index (χ0v) is 19.2. The van der Waals surface area contributed by atoms with Gasteiger partial charge in [0.05, 0.1) is 5.56 Å². The molecule has 0 aliphatic carbocycles. The summed E-state index contributed by atoms with van der Waals surface area (Å²) in [6.07, 6.45) is 3.38. The highest BCUT2D eigenvalue weighted by Gasteiger charge is 2.11. The first-order valence-electron chi connectivity index (χ1n) is 8.37. The zero-order valence-electron chi connectivity index (χ0n) is 14.6. The molecule has 0 atom stereocenters. The van der Waals surface area contributed by atoms with E-state index in [0.29, 0.717) is 28.2 Å². The number of oxazole rings is 1. The number of carbonyl (C=O) groups excluding carboxylic acids is 1. The zero-order chi connectivity index (χ0) is 20.4. The molecule has 0 saturated heterocycles. The van der Waals surface area contributed by atoms with Crippen LogP contribution in [0.15, 0.2) is 69.8 Å². The Labute approximate surface area is 193 Å². The first kappa shape index (κ1) is 19.9. The van der Waals surface area contributed by atoms with Gasteiger partial charge < -0.3 is 9.73 Å². The fourth-order valence-corrected chi connectivity index (χ4v) is 3.53. The monoisotopic (exact) mass is 578 g/mol. The van der Waals surface area contributed by atoms with Crippen LogP contribution in [-0.2, 0) is 0 Å². The van der Waals surface area contributed by atoms with E-state index in [1.807, 2.05) is 18.2 Å². The molecule has 144 valence electrons. The van der Waals surface area contributed by atoms with Crippen LogP contribution in [0.3, 0.4) is 0 Å². The van der Waals surface area contributed by atoms with E-state index in [1.54, 1.807) is 42.7 Å². The van der Waals surface area contributed by atoms with Crippen molar-refractivity contribution in [2.75, 3.05) is 5.32 Å². The van der Waals surface area contributed by atoms with Gasteiger partial charge in [-0.15, -0.1) is 0 Å². The number of halogens is 2. The standard InChI is InChI=1S/C20H12BrIN4O2S/c21-13-7-12(9-23-10-13)19-25-16-8-15(5-6-17(16)28-19)24-20(29)26-18(27)11-1-3-14(22)4-2-11/h1-10H,(H2,24,26,27,29). The van der Waals surface area contributed by atoms with Crippen molar-refractivity contribution in [2.45, 2.75) is 0 Å². The van der Waals surface area contributed by atoms with Gasteiger partial charge in [0.1, 0.15) is 5.52 Å². The molecule has 0 bridgehead atoms. The summed E-state index contributed by atoms with van der Waals surface area (Å²) < 4.78 is 7.69. The predicted octanol–water partition coefficient (Wildman–Crippen LogP) is 5.38. The highest BCUT2D eigenvalue weighted by Crippen LogP contribution is 2.27. The second-order valence-corrected chi connectivity index (χ2v) is 8.58. The second-order valence-electron chi connectivity index (χ2n) is 6.01. The van der Waals surface area contributed by atoms with Crippen LogP contribution >= 0.6 is 50.7 Å². The number of rotatable bonds is 3. The predicted molar refractivity (Wildman–Crippen MR) is 128 cm³/mol. The Hall–Kier alpha value is -2.37. The van der Waals surface area contributed by atoms with Crippen molar-refractivity contribution >= 4 is 78.5 Å². The van der Waals surface area contributed by atoms with E-state index >= 15 is 0 Å². The summed E-state index contributed by atoms with van der Waals surface area (Å²) in [6, 6.07) is 14.5. The minimum Gasteiger partial charge on any atom is -0.436 e. The van der Waals surface area contributed by atoms with Gasteiger partial charge in [-0.3, -0.25) is 15.1 Å². The highest BCUT2D eigenvalue weighted by atomic mass is 127. The van der Waals surface area contributed by atoms with Gasteiger partial charge in [-0.1, -0.05) is 0 Å². The molecule has 2 N–H and O–H groups in total.